The van der Waals surface area contributed by atoms with Crippen molar-refractivity contribution in [3.63, 3.8) is 0 Å². The zero-order chi connectivity index (χ0) is 43.5. The number of hydrogen-bond acceptors (Lipinski definition) is 1. The molecule has 0 fully saturated rings. The van der Waals surface area contributed by atoms with Gasteiger partial charge in [0.1, 0.15) is 0 Å². The van der Waals surface area contributed by atoms with Crippen molar-refractivity contribution < 1.29 is 0 Å². The van der Waals surface area contributed by atoms with Gasteiger partial charge in [-0.3, -0.25) is 0 Å². The summed E-state index contributed by atoms with van der Waals surface area (Å²) in [5, 5.41) is 0. The number of rotatable bonds is 7. The Labute approximate surface area is 382 Å². The van der Waals surface area contributed by atoms with Gasteiger partial charge < -0.3 is 4.90 Å². The Bertz CT molecular complexity index is 3370. The highest BCUT2D eigenvalue weighted by molar-refractivity contribution is 5.91. The van der Waals surface area contributed by atoms with Gasteiger partial charge in [0, 0.05) is 22.5 Å². The minimum Gasteiger partial charge on any atom is -0.310 e. The minimum absolute atomic E-state index is 0.260. The number of anilines is 3. The van der Waals surface area contributed by atoms with Gasteiger partial charge in [0.15, 0.2) is 0 Å². The van der Waals surface area contributed by atoms with E-state index in [-0.39, 0.29) is 5.41 Å². The molecule has 0 radical (unpaired) electrons. The summed E-state index contributed by atoms with van der Waals surface area (Å²) in [6.45, 7) is 4.85. The van der Waals surface area contributed by atoms with Crippen LogP contribution in [-0.2, 0) is 10.8 Å². The van der Waals surface area contributed by atoms with Crippen LogP contribution in [0.15, 0.2) is 249 Å². The maximum Gasteiger partial charge on any atom is 0.0719 e. The first-order chi connectivity index (χ1) is 32.0. The predicted molar refractivity (Wildman–Crippen MR) is 272 cm³/mol. The summed E-state index contributed by atoms with van der Waals surface area (Å²) >= 11 is 0. The van der Waals surface area contributed by atoms with Gasteiger partial charge >= 0.3 is 0 Å². The molecule has 2 aliphatic rings. The molecule has 308 valence electrons. The quantitative estimate of drug-likeness (QED) is 0.155. The van der Waals surface area contributed by atoms with E-state index in [1.165, 1.54) is 89.0 Å². The highest BCUT2D eigenvalue weighted by Crippen LogP contribution is 2.63. The van der Waals surface area contributed by atoms with E-state index < -0.39 is 5.41 Å². The Kier molecular flexibility index (Phi) is 9.14. The molecule has 10 aromatic rings. The van der Waals surface area contributed by atoms with E-state index in [4.69, 9.17) is 0 Å². The van der Waals surface area contributed by atoms with Crippen LogP contribution in [0.5, 0.6) is 0 Å². The van der Waals surface area contributed by atoms with Crippen LogP contribution in [0.4, 0.5) is 17.1 Å². The molecular formula is C64H47N. The molecule has 1 nitrogen and oxygen atoms in total. The molecular weight excluding hydrogens is 783 g/mol. The Morgan fingerprint density at radius 1 is 0.262 bits per heavy atom. The van der Waals surface area contributed by atoms with E-state index in [0.29, 0.717) is 0 Å². The second-order valence-corrected chi connectivity index (χ2v) is 18.0. The van der Waals surface area contributed by atoms with Crippen LogP contribution >= 0.6 is 0 Å². The van der Waals surface area contributed by atoms with Gasteiger partial charge in [0.2, 0.25) is 0 Å². The predicted octanol–water partition coefficient (Wildman–Crippen LogP) is 16.8. The normalized spacial score (nSPS) is 13.6. The van der Waals surface area contributed by atoms with Gasteiger partial charge in [0.05, 0.1) is 5.41 Å². The third-order valence-electron chi connectivity index (χ3n) is 14.1. The molecule has 0 atom stereocenters. The van der Waals surface area contributed by atoms with Crippen LogP contribution in [0.2, 0.25) is 0 Å². The van der Waals surface area contributed by atoms with Crippen LogP contribution in [-0.4, -0.2) is 0 Å². The zero-order valence-electron chi connectivity index (χ0n) is 36.6. The monoisotopic (exact) mass is 829 g/mol. The highest BCUT2D eigenvalue weighted by Gasteiger charge is 2.53. The van der Waals surface area contributed by atoms with Crippen molar-refractivity contribution >= 4 is 17.1 Å². The highest BCUT2D eigenvalue weighted by atomic mass is 15.1. The summed E-state index contributed by atoms with van der Waals surface area (Å²) < 4.78 is 0. The molecule has 0 heterocycles. The van der Waals surface area contributed by atoms with E-state index in [0.717, 1.165) is 17.1 Å². The summed E-state index contributed by atoms with van der Waals surface area (Å²) in [5.74, 6) is 0. The van der Waals surface area contributed by atoms with Gasteiger partial charge in [-0.1, -0.05) is 214 Å². The fraction of sp³-hybridized carbons (Fsp3) is 0.0625. The molecule has 12 rings (SSSR count). The second-order valence-electron chi connectivity index (χ2n) is 18.0. The van der Waals surface area contributed by atoms with E-state index in [1.807, 2.05) is 0 Å². The molecule has 1 heteroatoms. The third-order valence-corrected chi connectivity index (χ3v) is 14.1. The summed E-state index contributed by atoms with van der Waals surface area (Å²) in [7, 11) is 0. The topological polar surface area (TPSA) is 3.24 Å². The lowest BCUT2D eigenvalue weighted by Gasteiger charge is -2.47. The molecule has 0 aliphatic heterocycles. The SMILES string of the molecule is CC1(C)c2ccccc2C2(c3ccccc3-c3ccccc32)c2cccc(-c3cccc(-c4cccc(N(c5ccccc5)c5cccc(-c6cccc(-c7ccccc7)c6)c5)c4)c3)c21. The van der Waals surface area contributed by atoms with Gasteiger partial charge in [-0.2, -0.15) is 0 Å². The molecule has 0 saturated carbocycles. The first-order valence-electron chi connectivity index (χ1n) is 22.8. The average molecular weight is 830 g/mol. The van der Waals surface area contributed by atoms with Crippen LogP contribution in [0.1, 0.15) is 47.2 Å². The maximum atomic E-state index is 2.42. The van der Waals surface area contributed by atoms with Crippen molar-refractivity contribution in [2.45, 2.75) is 24.7 Å². The van der Waals surface area contributed by atoms with Crippen molar-refractivity contribution in [2.75, 3.05) is 4.90 Å². The summed E-state index contributed by atoms with van der Waals surface area (Å²) in [4.78, 5) is 2.38. The van der Waals surface area contributed by atoms with Gasteiger partial charge in [-0.25, -0.2) is 0 Å². The number of nitrogens with zero attached hydrogens (tertiary/aromatic N) is 1. The fourth-order valence-electron chi connectivity index (χ4n) is 11.3. The van der Waals surface area contributed by atoms with Crippen LogP contribution in [0, 0.1) is 0 Å². The maximum absolute atomic E-state index is 2.42. The molecule has 10 aromatic carbocycles. The van der Waals surface area contributed by atoms with Crippen molar-refractivity contribution in [3.05, 3.63) is 282 Å². The Hall–Kier alpha value is -8.00. The Morgan fingerprint density at radius 2 is 0.631 bits per heavy atom. The largest absolute Gasteiger partial charge is 0.310 e. The number of fused-ring (bicyclic) bond motifs is 9. The van der Waals surface area contributed by atoms with Gasteiger partial charge in [-0.05, 0) is 138 Å². The van der Waals surface area contributed by atoms with Crippen molar-refractivity contribution in [1.82, 2.24) is 0 Å². The number of benzene rings is 10. The second kappa shape index (κ2) is 15.4. The Morgan fingerprint density at radius 3 is 1.23 bits per heavy atom. The standard InChI is InChI=1S/C64H47N/c1-63(2)59-37-13-14-38-60(59)64(57-35-11-9-32-55(57)56-33-10-12-36-58(56)64)61-39-19-34-54(62(61)63)50-27-16-24-47(41-50)49-26-18-31-53(43-49)65(51-28-7-4-8-29-51)52-30-17-25-48(42-52)46-23-15-22-45(40-46)44-20-5-3-6-21-44/h3-43H,1-2H3. The van der Waals surface area contributed by atoms with Crippen LogP contribution < -0.4 is 4.90 Å². The van der Waals surface area contributed by atoms with E-state index in [2.05, 4.69) is 267 Å². The van der Waals surface area contributed by atoms with Crippen LogP contribution in [0.3, 0.4) is 0 Å². The molecule has 65 heavy (non-hydrogen) atoms. The fourth-order valence-corrected chi connectivity index (χ4v) is 11.3. The summed E-state index contributed by atoms with van der Waals surface area (Å²) in [6, 6.07) is 91.8. The first kappa shape index (κ1) is 38.7. The lowest BCUT2D eigenvalue weighted by molar-refractivity contribution is 0.565. The van der Waals surface area contributed by atoms with E-state index in [9.17, 15) is 0 Å². The molecule has 0 unspecified atom stereocenters. The molecule has 1 spiro atoms. The molecule has 0 N–H and O–H groups in total. The van der Waals surface area contributed by atoms with E-state index >= 15 is 0 Å². The Balaban J connectivity index is 0.977. The first-order valence-corrected chi connectivity index (χ1v) is 22.8. The average Bonchev–Trinajstić information content (AvgIpc) is 3.67. The van der Waals surface area contributed by atoms with Crippen molar-refractivity contribution in [3.8, 4) is 55.6 Å². The summed E-state index contributed by atoms with van der Waals surface area (Å²) in [5.41, 5.74) is 23.2. The third kappa shape index (κ3) is 6.15. The lowest BCUT2D eigenvalue weighted by atomic mass is 9.54. The molecule has 0 bridgehead atoms. The van der Waals surface area contributed by atoms with Crippen LogP contribution in [0.25, 0.3) is 55.6 Å². The number of para-hydroxylation sites is 1. The van der Waals surface area contributed by atoms with Crippen molar-refractivity contribution in [1.29, 1.82) is 0 Å². The molecule has 2 aliphatic carbocycles. The lowest BCUT2D eigenvalue weighted by Crippen LogP contribution is -2.41. The zero-order valence-corrected chi connectivity index (χ0v) is 36.6. The minimum atomic E-state index is -0.431. The van der Waals surface area contributed by atoms with Gasteiger partial charge in [-0.15, -0.1) is 0 Å². The van der Waals surface area contributed by atoms with Crippen molar-refractivity contribution in [2.24, 2.45) is 0 Å². The molecule has 0 saturated heterocycles. The van der Waals surface area contributed by atoms with Gasteiger partial charge in [0.25, 0.3) is 0 Å². The number of hydrogen-bond donors (Lipinski definition) is 0. The smallest absolute Gasteiger partial charge is 0.0719 e. The van der Waals surface area contributed by atoms with E-state index in [1.54, 1.807) is 0 Å². The summed E-state index contributed by atoms with van der Waals surface area (Å²) in [6.07, 6.45) is 0. The molecule has 0 aromatic heterocycles. The molecule has 0 amide bonds.